The summed E-state index contributed by atoms with van der Waals surface area (Å²) in [6, 6.07) is 0. The molecule has 3 fully saturated rings. The van der Waals surface area contributed by atoms with Crippen molar-refractivity contribution in [3.05, 3.63) is 0 Å². The molecule has 0 aromatic carbocycles. The van der Waals surface area contributed by atoms with Gasteiger partial charge in [0.15, 0.2) is 0 Å². The molecule has 0 bridgehead atoms. The first kappa shape index (κ1) is 12.6. The van der Waals surface area contributed by atoms with E-state index in [0.29, 0.717) is 0 Å². The molecule has 0 radical (unpaired) electrons. The minimum Gasteiger partial charge on any atom is -0.106 e. The molecule has 3 rings (SSSR count). The third-order valence-corrected chi connectivity index (χ3v) is 6.33. The summed E-state index contributed by atoms with van der Waals surface area (Å²) in [5.41, 5.74) is 0. The van der Waals surface area contributed by atoms with Crippen LogP contribution in [-0.4, -0.2) is 0 Å². The van der Waals surface area contributed by atoms with Gasteiger partial charge in [-0.1, -0.05) is 38.5 Å². The number of hydrogen-bond acceptors (Lipinski definition) is 0. The molecule has 3 aliphatic rings. The molecular formula is C18H28. The van der Waals surface area contributed by atoms with Gasteiger partial charge in [0.05, 0.1) is 0 Å². The third-order valence-electron chi connectivity index (χ3n) is 6.33. The summed E-state index contributed by atoms with van der Waals surface area (Å²) in [7, 11) is 0. The molecular weight excluding hydrogens is 216 g/mol. The van der Waals surface area contributed by atoms with Crippen LogP contribution in [0.4, 0.5) is 0 Å². The van der Waals surface area contributed by atoms with E-state index in [9.17, 15) is 0 Å². The molecule has 0 aliphatic heterocycles. The van der Waals surface area contributed by atoms with Crippen LogP contribution in [0.3, 0.4) is 0 Å². The van der Waals surface area contributed by atoms with Crippen LogP contribution in [0.2, 0.25) is 0 Å². The maximum atomic E-state index is 3.65. The fraction of sp³-hybridized carbons (Fsp3) is 0.889. The van der Waals surface area contributed by atoms with Gasteiger partial charge in [-0.3, -0.25) is 0 Å². The number of rotatable bonds is 0. The van der Waals surface area contributed by atoms with Gasteiger partial charge in [-0.15, -0.1) is 5.92 Å². The summed E-state index contributed by atoms with van der Waals surface area (Å²) in [5.74, 6) is 12.6. The molecule has 0 nitrogen and oxygen atoms in total. The Kier molecular flexibility index (Phi) is 3.69. The van der Waals surface area contributed by atoms with E-state index in [2.05, 4.69) is 18.8 Å². The molecule has 0 amide bonds. The second-order valence-corrected chi connectivity index (χ2v) is 7.00. The van der Waals surface area contributed by atoms with Gasteiger partial charge >= 0.3 is 0 Å². The quantitative estimate of drug-likeness (QED) is 0.532. The van der Waals surface area contributed by atoms with Crippen LogP contribution in [-0.2, 0) is 0 Å². The SMILES string of the molecule is CC#CC1C2CCCCC2C(C)C2CCCCC12. The first-order valence-corrected chi connectivity index (χ1v) is 8.25. The molecule has 4 atom stereocenters. The number of fused-ring (bicyclic) bond motifs is 2. The highest BCUT2D eigenvalue weighted by atomic mass is 14.5. The van der Waals surface area contributed by atoms with Crippen LogP contribution in [0, 0.1) is 47.3 Å². The van der Waals surface area contributed by atoms with Crippen molar-refractivity contribution >= 4 is 0 Å². The predicted molar refractivity (Wildman–Crippen MR) is 77.0 cm³/mol. The van der Waals surface area contributed by atoms with Crippen molar-refractivity contribution in [3.63, 3.8) is 0 Å². The summed E-state index contributed by atoms with van der Waals surface area (Å²) < 4.78 is 0. The van der Waals surface area contributed by atoms with Crippen LogP contribution >= 0.6 is 0 Å². The molecule has 18 heavy (non-hydrogen) atoms. The highest BCUT2D eigenvalue weighted by Gasteiger charge is 2.48. The van der Waals surface area contributed by atoms with Crippen molar-refractivity contribution in [1.82, 2.24) is 0 Å². The van der Waals surface area contributed by atoms with Crippen molar-refractivity contribution in [3.8, 4) is 11.8 Å². The fourth-order valence-electron chi connectivity index (χ4n) is 5.59. The average Bonchev–Trinajstić information content (AvgIpc) is 2.43. The van der Waals surface area contributed by atoms with Gasteiger partial charge in [-0.25, -0.2) is 0 Å². The summed E-state index contributed by atoms with van der Waals surface area (Å²) >= 11 is 0. The lowest BCUT2D eigenvalue weighted by Gasteiger charge is -2.53. The van der Waals surface area contributed by atoms with Crippen LogP contribution in [0.25, 0.3) is 0 Å². The van der Waals surface area contributed by atoms with Gasteiger partial charge in [-0.05, 0) is 62.2 Å². The van der Waals surface area contributed by atoms with E-state index < -0.39 is 0 Å². The molecule has 0 N–H and O–H groups in total. The van der Waals surface area contributed by atoms with Gasteiger partial charge in [0.1, 0.15) is 0 Å². The standard InChI is InChI=1S/C18H28/c1-3-8-16-17-11-6-4-9-14(17)13(2)15-10-5-7-12-18(15)16/h13-18H,4-7,9-12H2,1-2H3. The Morgan fingerprint density at radius 1 is 0.722 bits per heavy atom. The lowest BCUT2D eigenvalue weighted by molar-refractivity contribution is -0.0321. The highest BCUT2D eigenvalue weighted by molar-refractivity contribution is 5.11. The van der Waals surface area contributed by atoms with Crippen molar-refractivity contribution in [2.45, 2.75) is 65.2 Å². The van der Waals surface area contributed by atoms with Crippen molar-refractivity contribution < 1.29 is 0 Å². The van der Waals surface area contributed by atoms with Gasteiger partial charge in [0.2, 0.25) is 0 Å². The maximum absolute atomic E-state index is 3.65. The Hall–Kier alpha value is -0.440. The van der Waals surface area contributed by atoms with Crippen molar-refractivity contribution in [2.75, 3.05) is 0 Å². The van der Waals surface area contributed by atoms with E-state index in [1.807, 2.05) is 6.92 Å². The molecule has 0 aromatic heterocycles. The topological polar surface area (TPSA) is 0 Å². The van der Waals surface area contributed by atoms with E-state index in [0.717, 1.165) is 35.5 Å². The summed E-state index contributed by atoms with van der Waals surface area (Å²) in [5, 5.41) is 0. The maximum Gasteiger partial charge on any atom is 0.0264 e. The van der Waals surface area contributed by atoms with E-state index in [4.69, 9.17) is 0 Å². The number of hydrogen-bond donors (Lipinski definition) is 0. The summed E-state index contributed by atoms with van der Waals surface area (Å²) in [4.78, 5) is 0. The van der Waals surface area contributed by atoms with Gasteiger partial charge < -0.3 is 0 Å². The minimum absolute atomic E-state index is 0.752. The third kappa shape index (κ3) is 2.01. The Morgan fingerprint density at radius 3 is 1.61 bits per heavy atom. The van der Waals surface area contributed by atoms with E-state index in [1.165, 1.54) is 51.4 Å². The zero-order chi connectivity index (χ0) is 12.5. The monoisotopic (exact) mass is 244 g/mol. The predicted octanol–water partition coefficient (Wildman–Crippen LogP) is 4.89. The molecule has 3 aliphatic carbocycles. The largest absolute Gasteiger partial charge is 0.106 e. The van der Waals surface area contributed by atoms with E-state index in [1.54, 1.807) is 0 Å². The van der Waals surface area contributed by atoms with Crippen LogP contribution in [0.15, 0.2) is 0 Å². The second kappa shape index (κ2) is 5.28. The Bertz CT molecular complexity index is 321. The fourth-order valence-corrected chi connectivity index (χ4v) is 5.59. The zero-order valence-corrected chi connectivity index (χ0v) is 12.1. The molecule has 0 spiro atoms. The molecule has 0 heteroatoms. The molecule has 0 heterocycles. The Morgan fingerprint density at radius 2 is 1.17 bits per heavy atom. The van der Waals surface area contributed by atoms with Crippen molar-refractivity contribution in [2.24, 2.45) is 35.5 Å². The van der Waals surface area contributed by atoms with Crippen LogP contribution in [0.1, 0.15) is 65.2 Å². The molecule has 0 aromatic rings. The van der Waals surface area contributed by atoms with Crippen molar-refractivity contribution in [1.29, 1.82) is 0 Å². The first-order chi connectivity index (χ1) is 8.83. The average molecular weight is 244 g/mol. The first-order valence-electron chi connectivity index (χ1n) is 8.25. The lowest BCUT2D eigenvalue weighted by atomic mass is 9.51. The summed E-state index contributed by atoms with van der Waals surface area (Å²) in [6.07, 6.45) is 11.8. The van der Waals surface area contributed by atoms with Crippen LogP contribution in [0.5, 0.6) is 0 Å². The second-order valence-electron chi connectivity index (χ2n) is 7.00. The molecule has 100 valence electrons. The highest BCUT2D eigenvalue weighted by Crippen LogP contribution is 2.55. The minimum atomic E-state index is 0.752. The molecule has 3 saturated carbocycles. The molecule has 0 saturated heterocycles. The lowest BCUT2D eigenvalue weighted by Crippen LogP contribution is -2.47. The molecule has 4 unspecified atom stereocenters. The zero-order valence-electron chi connectivity index (χ0n) is 12.1. The Labute approximate surface area is 113 Å². The van der Waals surface area contributed by atoms with E-state index in [-0.39, 0.29) is 0 Å². The van der Waals surface area contributed by atoms with Gasteiger partial charge in [0, 0.05) is 5.92 Å². The van der Waals surface area contributed by atoms with E-state index >= 15 is 0 Å². The van der Waals surface area contributed by atoms with Crippen LogP contribution < -0.4 is 0 Å². The Balaban J connectivity index is 1.90. The normalized spacial score (nSPS) is 47.4. The van der Waals surface area contributed by atoms with Gasteiger partial charge in [0.25, 0.3) is 0 Å². The smallest absolute Gasteiger partial charge is 0.0264 e. The summed E-state index contributed by atoms with van der Waals surface area (Å²) in [6.45, 7) is 4.62. The van der Waals surface area contributed by atoms with Gasteiger partial charge in [-0.2, -0.15) is 0 Å².